The van der Waals surface area contributed by atoms with Gasteiger partial charge in [-0.15, -0.1) is 0 Å². The Bertz CT molecular complexity index is 503. The minimum absolute atomic E-state index is 0.00364. The summed E-state index contributed by atoms with van der Waals surface area (Å²) in [4.78, 5) is 22.9. The number of hydrogen-bond acceptors (Lipinski definition) is 3. The number of rotatable bonds is 1. The quantitative estimate of drug-likeness (QED) is 0.798. The minimum atomic E-state index is -0.453. The molecule has 5 nitrogen and oxygen atoms in total. The molecule has 2 rings (SSSR count). The topological polar surface area (TPSA) is 67.4 Å². The van der Waals surface area contributed by atoms with E-state index in [1.54, 1.807) is 18.2 Å². The molecule has 0 aromatic heterocycles. The van der Waals surface area contributed by atoms with E-state index in [0.29, 0.717) is 17.1 Å². The lowest BCUT2D eigenvalue weighted by Crippen LogP contribution is -2.28. The van der Waals surface area contributed by atoms with Gasteiger partial charge in [0.1, 0.15) is 5.75 Å². The molecule has 0 saturated heterocycles. The molecule has 96 valence electrons. The molecule has 0 spiro atoms. The van der Waals surface area contributed by atoms with Crippen LogP contribution >= 0.6 is 0 Å². The Hall–Kier alpha value is -2.04. The third-order valence-corrected chi connectivity index (χ3v) is 2.55. The fourth-order valence-corrected chi connectivity index (χ4v) is 1.47. The fourth-order valence-electron chi connectivity index (χ4n) is 1.47. The molecule has 0 atom stereocenters. The van der Waals surface area contributed by atoms with Crippen molar-refractivity contribution in [2.75, 3.05) is 17.2 Å². The second-order valence-corrected chi connectivity index (χ2v) is 5.25. The number of amides is 2. The summed E-state index contributed by atoms with van der Waals surface area (Å²) in [5, 5.41) is 5.51. The SMILES string of the molecule is CC(C)(C)C(=O)Nc1ccc2c(c1)OCC(=O)N2. The number of nitrogens with one attached hydrogen (secondary N) is 2. The summed E-state index contributed by atoms with van der Waals surface area (Å²) in [7, 11) is 0. The Labute approximate surface area is 106 Å². The third-order valence-electron chi connectivity index (χ3n) is 2.55. The summed E-state index contributed by atoms with van der Waals surface area (Å²) < 4.78 is 5.28. The first kappa shape index (κ1) is 12.4. The second-order valence-electron chi connectivity index (χ2n) is 5.25. The number of hydrogen-bond donors (Lipinski definition) is 2. The number of carbonyl (C=O) groups excluding carboxylic acids is 2. The number of fused-ring (bicyclic) bond motifs is 1. The molecule has 2 N–H and O–H groups in total. The number of carbonyl (C=O) groups is 2. The average Bonchev–Trinajstić information content (AvgIpc) is 2.28. The van der Waals surface area contributed by atoms with Gasteiger partial charge < -0.3 is 15.4 Å². The molecule has 0 bridgehead atoms. The highest BCUT2D eigenvalue weighted by Gasteiger charge is 2.22. The van der Waals surface area contributed by atoms with Crippen molar-refractivity contribution in [3.05, 3.63) is 18.2 Å². The zero-order valence-corrected chi connectivity index (χ0v) is 10.7. The van der Waals surface area contributed by atoms with Crippen LogP contribution in [-0.2, 0) is 9.59 Å². The van der Waals surface area contributed by atoms with Crippen LogP contribution in [0.2, 0.25) is 0 Å². The molecule has 0 saturated carbocycles. The smallest absolute Gasteiger partial charge is 0.262 e. The molecule has 1 aliphatic heterocycles. The van der Waals surface area contributed by atoms with Gasteiger partial charge >= 0.3 is 0 Å². The predicted octanol–water partition coefficient (Wildman–Crippen LogP) is 2.00. The van der Waals surface area contributed by atoms with Crippen LogP contribution in [-0.4, -0.2) is 18.4 Å². The van der Waals surface area contributed by atoms with Crippen LogP contribution in [0.5, 0.6) is 5.75 Å². The lowest BCUT2D eigenvalue weighted by molar-refractivity contribution is -0.123. The summed E-state index contributed by atoms with van der Waals surface area (Å²) >= 11 is 0. The Balaban J connectivity index is 2.17. The van der Waals surface area contributed by atoms with E-state index in [-0.39, 0.29) is 18.4 Å². The zero-order valence-electron chi connectivity index (χ0n) is 10.7. The van der Waals surface area contributed by atoms with Crippen molar-refractivity contribution in [2.24, 2.45) is 5.41 Å². The zero-order chi connectivity index (χ0) is 13.3. The first-order chi connectivity index (χ1) is 8.36. The predicted molar refractivity (Wildman–Crippen MR) is 68.7 cm³/mol. The van der Waals surface area contributed by atoms with Gasteiger partial charge in [0, 0.05) is 17.2 Å². The van der Waals surface area contributed by atoms with E-state index in [1.807, 2.05) is 20.8 Å². The van der Waals surface area contributed by atoms with Gasteiger partial charge in [-0.2, -0.15) is 0 Å². The van der Waals surface area contributed by atoms with Gasteiger partial charge in [-0.05, 0) is 12.1 Å². The third kappa shape index (κ3) is 2.61. The molecule has 1 heterocycles. The number of ether oxygens (including phenoxy) is 1. The first-order valence-electron chi connectivity index (χ1n) is 5.74. The average molecular weight is 248 g/mol. The molecule has 5 heteroatoms. The summed E-state index contributed by atoms with van der Waals surface area (Å²) in [6.07, 6.45) is 0. The Morgan fingerprint density at radius 3 is 2.78 bits per heavy atom. The van der Waals surface area contributed by atoms with Crippen molar-refractivity contribution in [1.82, 2.24) is 0 Å². The van der Waals surface area contributed by atoms with Crippen LogP contribution in [0.25, 0.3) is 0 Å². The van der Waals surface area contributed by atoms with Crippen molar-refractivity contribution >= 4 is 23.2 Å². The molecule has 0 radical (unpaired) electrons. The molecule has 2 amide bonds. The maximum Gasteiger partial charge on any atom is 0.262 e. The van der Waals surface area contributed by atoms with E-state index in [2.05, 4.69) is 10.6 Å². The number of anilines is 2. The van der Waals surface area contributed by atoms with Crippen molar-refractivity contribution in [1.29, 1.82) is 0 Å². The van der Waals surface area contributed by atoms with Crippen LogP contribution in [0.3, 0.4) is 0 Å². The monoisotopic (exact) mass is 248 g/mol. The molecule has 1 aromatic carbocycles. The van der Waals surface area contributed by atoms with Crippen molar-refractivity contribution in [3.8, 4) is 5.75 Å². The van der Waals surface area contributed by atoms with Gasteiger partial charge in [0.05, 0.1) is 5.69 Å². The van der Waals surface area contributed by atoms with Crippen molar-refractivity contribution in [2.45, 2.75) is 20.8 Å². The van der Waals surface area contributed by atoms with Crippen molar-refractivity contribution < 1.29 is 14.3 Å². The van der Waals surface area contributed by atoms with Crippen LogP contribution in [0.15, 0.2) is 18.2 Å². The second kappa shape index (κ2) is 4.33. The van der Waals surface area contributed by atoms with Crippen LogP contribution in [0, 0.1) is 5.41 Å². The maximum atomic E-state index is 11.8. The summed E-state index contributed by atoms with van der Waals surface area (Å²) in [5.41, 5.74) is 0.829. The Morgan fingerprint density at radius 2 is 2.11 bits per heavy atom. The highest BCUT2D eigenvalue weighted by Crippen LogP contribution is 2.31. The van der Waals surface area contributed by atoms with E-state index in [4.69, 9.17) is 4.74 Å². The molecule has 1 aromatic rings. The molecule has 0 unspecified atom stereocenters. The van der Waals surface area contributed by atoms with E-state index in [1.165, 1.54) is 0 Å². The highest BCUT2D eigenvalue weighted by molar-refractivity contribution is 5.98. The van der Waals surface area contributed by atoms with Crippen LogP contribution in [0.1, 0.15) is 20.8 Å². The van der Waals surface area contributed by atoms with E-state index in [0.717, 1.165) is 0 Å². The van der Waals surface area contributed by atoms with Gasteiger partial charge in [0.15, 0.2) is 6.61 Å². The van der Waals surface area contributed by atoms with Gasteiger partial charge in [0.25, 0.3) is 5.91 Å². The molecule has 0 aliphatic carbocycles. The molecule has 0 fully saturated rings. The standard InChI is InChI=1S/C13H16N2O3/c1-13(2,3)12(17)14-8-4-5-9-10(6-8)18-7-11(16)15-9/h4-6H,7H2,1-3H3,(H,14,17)(H,15,16). The van der Waals surface area contributed by atoms with E-state index < -0.39 is 5.41 Å². The first-order valence-corrected chi connectivity index (χ1v) is 5.74. The molecule has 18 heavy (non-hydrogen) atoms. The Morgan fingerprint density at radius 1 is 1.39 bits per heavy atom. The summed E-state index contributed by atoms with van der Waals surface area (Å²) in [6, 6.07) is 5.15. The highest BCUT2D eigenvalue weighted by atomic mass is 16.5. The fraction of sp³-hybridized carbons (Fsp3) is 0.385. The maximum absolute atomic E-state index is 11.8. The lowest BCUT2D eigenvalue weighted by Gasteiger charge is -2.21. The number of benzene rings is 1. The van der Waals surface area contributed by atoms with Gasteiger partial charge in [-0.3, -0.25) is 9.59 Å². The van der Waals surface area contributed by atoms with Crippen LogP contribution in [0.4, 0.5) is 11.4 Å². The normalized spacial score (nSPS) is 14.3. The molecular formula is C13H16N2O3. The Kier molecular flexibility index (Phi) is 2.98. The summed E-state index contributed by atoms with van der Waals surface area (Å²) in [5.74, 6) is 0.331. The molecular weight excluding hydrogens is 232 g/mol. The van der Waals surface area contributed by atoms with E-state index >= 15 is 0 Å². The minimum Gasteiger partial charge on any atom is -0.482 e. The van der Waals surface area contributed by atoms with E-state index in [9.17, 15) is 9.59 Å². The molecule has 1 aliphatic rings. The summed E-state index contributed by atoms with van der Waals surface area (Å²) in [6.45, 7) is 5.54. The lowest BCUT2D eigenvalue weighted by atomic mass is 9.95. The largest absolute Gasteiger partial charge is 0.482 e. The van der Waals surface area contributed by atoms with Gasteiger partial charge in [-0.1, -0.05) is 20.8 Å². The van der Waals surface area contributed by atoms with Gasteiger partial charge in [0.2, 0.25) is 5.91 Å². The van der Waals surface area contributed by atoms with Crippen LogP contribution < -0.4 is 15.4 Å². The van der Waals surface area contributed by atoms with Crippen molar-refractivity contribution in [3.63, 3.8) is 0 Å². The van der Waals surface area contributed by atoms with Gasteiger partial charge in [-0.25, -0.2) is 0 Å².